The van der Waals surface area contributed by atoms with Crippen LogP contribution in [0.2, 0.25) is 0 Å². The second-order valence-corrected chi connectivity index (χ2v) is 7.31. The highest BCUT2D eigenvalue weighted by atomic mass is 79.9. The van der Waals surface area contributed by atoms with Gasteiger partial charge in [0.2, 0.25) is 0 Å². The normalized spacial score (nSPS) is 15.9. The first-order chi connectivity index (χ1) is 11.9. The lowest BCUT2D eigenvalue weighted by atomic mass is 10.0. The minimum atomic E-state index is -0.344. The van der Waals surface area contributed by atoms with Gasteiger partial charge in [-0.2, -0.15) is 0 Å². The zero-order valence-corrected chi connectivity index (χ0v) is 16.0. The number of aryl methyl sites for hydroxylation is 2. The molecule has 0 saturated heterocycles. The highest BCUT2D eigenvalue weighted by molar-refractivity contribution is 9.10. The van der Waals surface area contributed by atoms with Gasteiger partial charge in [-0.3, -0.25) is 4.57 Å². The number of nitrogens with zero attached hydrogens (tertiary/aromatic N) is 3. The molecule has 2 heterocycles. The molecule has 2 aromatic carbocycles. The number of nitrogen functional groups attached to an aromatic ring is 1. The number of hydrogen-bond donors (Lipinski definition) is 2. The van der Waals surface area contributed by atoms with Crippen LogP contribution in [0.25, 0.3) is 5.69 Å². The van der Waals surface area contributed by atoms with Gasteiger partial charge in [0, 0.05) is 10.2 Å². The molecule has 0 saturated carbocycles. The molecule has 0 fully saturated rings. The van der Waals surface area contributed by atoms with E-state index < -0.39 is 0 Å². The van der Waals surface area contributed by atoms with Crippen molar-refractivity contribution in [2.24, 2.45) is 5.73 Å². The molecule has 0 bridgehead atoms. The van der Waals surface area contributed by atoms with E-state index in [1.54, 1.807) is 12.5 Å². The number of para-hydroxylation sites is 1. The molecule has 4 rings (SSSR count). The minimum absolute atomic E-state index is 0.344. The zero-order chi connectivity index (χ0) is 17.9. The van der Waals surface area contributed by atoms with E-state index in [-0.39, 0.29) is 6.17 Å². The number of halogens is 1. The van der Waals surface area contributed by atoms with E-state index in [0.29, 0.717) is 5.69 Å². The van der Waals surface area contributed by atoms with Crippen LogP contribution in [0.15, 0.2) is 41.3 Å². The van der Waals surface area contributed by atoms with Crippen LogP contribution in [-0.4, -0.2) is 9.55 Å². The number of fused-ring (bicyclic) bond motifs is 3. The van der Waals surface area contributed by atoms with Crippen LogP contribution in [0.1, 0.15) is 28.6 Å². The highest BCUT2D eigenvalue weighted by Gasteiger charge is 2.33. The molecule has 0 amide bonds. The number of benzene rings is 2. The Morgan fingerprint density at radius 1 is 1.12 bits per heavy atom. The Hall–Kier alpha value is -2.31. The lowest BCUT2D eigenvalue weighted by molar-refractivity contribution is 0.664. The summed E-state index contributed by atoms with van der Waals surface area (Å²) < 4.78 is 3.09. The van der Waals surface area contributed by atoms with E-state index >= 15 is 0 Å². The molecule has 1 atom stereocenters. The molecule has 4 N–H and O–H groups in total. The van der Waals surface area contributed by atoms with Crippen LogP contribution >= 0.6 is 15.9 Å². The maximum Gasteiger partial charge on any atom is 0.125 e. The Morgan fingerprint density at radius 2 is 1.88 bits per heavy atom. The Labute approximate surface area is 155 Å². The molecule has 25 heavy (non-hydrogen) atoms. The summed E-state index contributed by atoms with van der Waals surface area (Å²) in [6.07, 6.45) is 3.23. The third-order valence-corrected chi connectivity index (χ3v) is 6.09. The molecule has 6 heteroatoms. The van der Waals surface area contributed by atoms with Gasteiger partial charge >= 0.3 is 0 Å². The predicted molar refractivity (Wildman–Crippen MR) is 105 cm³/mol. The molecule has 128 valence electrons. The summed E-state index contributed by atoms with van der Waals surface area (Å²) in [5.74, 6) is 0. The second-order valence-electron chi connectivity index (χ2n) is 6.52. The van der Waals surface area contributed by atoms with Crippen molar-refractivity contribution >= 4 is 33.0 Å². The van der Waals surface area contributed by atoms with Crippen LogP contribution in [0, 0.1) is 20.8 Å². The first-order valence-electron chi connectivity index (χ1n) is 8.14. The van der Waals surface area contributed by atoms with Gasteiger partial charge < -0.3 is 16.4 Å². The van der Waals surface area contributed by atoms with Crippen LogP contribution < -0.4 is 16.4 Å². The summed E-state index contributed by atoms with van der Waals surface area (Å²) in [7, 11) is 0. The maximum absolute atomic E-state index is 6.67. The summed E-state index contributed by atoms with van der Waals surface area (Å²) in [5, 5.41) is 0. The number of anilines is 3. The first kappa shape index (κ1) is 16.2. The zero-order valence-electron chi connectivity index (χ0n) is 14.4. The fourth-order valence-corrected chi connectivity index (χ4v) is 4.08. The van der Waals surface area contributed by atoms with Gasteiger partial charge in [0.15, 0.2) is 0 Å². The van der Waals surface area contributed by atoms with Crippen molar-refractivity contribution < 1.29 is 0 Å². The molecule has 0 aliphatic carbocycles. The Morgan fingerprint density at radius 3 is 2.64 bits per heavy atom. The third kappa shape index (κ3) is 2.21. The molecule has 1 aromatic heterocycles. The van der Waals surface area contributed by atoms with Crippen molar-refractivity contribution in [3.05, 3.63) is 63.6 Å². The van der Waals surface area contributed by atoms with Gasteiger partial charge in [-0.1, -0.05) is 28.1 Å². The Balaban J connectivity index is 2.06. The molecule has 5 nitrogen and oxygen atoms in total. The second kappa shape index (κ2) is 5.61. The van der Waals surface area contributed by atoms with Gasteiger partial charge in [0.05, 0.1) is 35.3 Å². The van der Waals surface area contributed by atoms with Crippen molar-refractivity contribution in [2.45, 2.75) is 26.9 Å². The SMILES string of the molecule is Cc1cc(C)c(N2c3cccc(N)c3-n3cncc3C2N)c(C)c1Br. The number of hydrogen-bond acceptors (Lipinski definition) is 4. The minimum Gasteiger partial charge on any atom is -0.397 e. The highest BCUT2D eigenvalue weighted by Crippen LogP contribution is 2.47. The van der Waals surface area contributed by atoms with Crippen molar-refractivity contribution in [1.29, 1.82) is 0 Å². The van der Waals surface area contributed by atoms with E-state index in [2.05, 4.69) is 58.7 Å². The molecular formula is C19H20BrN5. The summed E-state index contributed by atoms with van der Waals surface area (Å²) >= 11 is 3.72. The van der Waals surface area contributed by atoms with Crippen molar-refractivity contribution in [2.75, 3.05) is 10.6 Å². The van der Waals surface area contributed by atoms with Crippen molar-refractivity contribution in [3.63, 3.8) is 0 Å². The van der Waals surface area contributed by atoms with Gasteiger partial charge in [-0.25, -0.2) is 4.98 Å². The van der Waals surface area contributed by atoms with Crippen LogP contribution in [0.3, 0.4) is 0 Å². The van der Waals surface area contributed by atoms with E-state index in [1.165, 1.54) is 11.1 Å². The van der Waals surface area contributed by atoms with E-state index in [4.69, 9.17) is 11.5 Å². The Kier molecular flexibility index (Phi) is 3.63. The summed E-state index contributed by atoms with van der Waals surface area (Å²) in [4.78, 5) is 6.45. The fraction of sp³-hybridized carbons (Fsp3) is 0.211. The lowest BCUT2D eigenvalue weighted by Crippen LogP contribution is -2.37. The van der Waals surface area contributed by atoms with E-state index in [0.717, 1.165) is 32.8 Å². The average Bonchev–Trinajstić information content (AvgIpc) is 3.05. The molecule has 1 unspecified atom stereocenters. The molecular weight excluding hydrogens is 378 g/mol. The van der Waals surface area contributed by atoms with Crippen LogP contribution in [0.5, 0.6) is 0 Å². The van der Waals surface area contributed by atoms with E-state index in [1.807, 2.05) is 16.7 Å². The van der Waals surface area contributed by atoms with Gasteiger partial charge in [0.25, 0.3) is 0 Å². The first-order valence-corrected chi connectivity index (χ1v) is 8.93. The molecule has 0 radical (unpaired) electrons. The predicted octanol–water partition coefficient (Wildman–Crippen LogP) is 4.25. The molecule has 3 aromatic rings. The van der Waals surface area contributed by atoms with E-state index in [9.17, 15) is 0 Å². The van der Waals surface area contributed by atoms with Crippen molar-refractivity contribution in [1.82, 2.24) is 9.55 Å². The van der Waals surface area contributed by atoms with Gasteiger partial charge in [0.1, 0.15) is 6.17 Å². The van der Waals surface area contributed by atoms with Gasteiger partial charge in [-0.15, -0.1) is 0 Å². The van der Waals surface area contributed by atoms with Crippen LogP contribution in [0.4, 0.5) is 17.1 Å². The number of nitrogens with two attached hydrogens (primary N) is 2. The molecule has 0 spiro atoms. The third-order valence-electron chi connectivity index (χ3n) is 4.87. The lowest BCUT2D eigenvalue weighted by Gasteiger charge is -2.39. The van der Waals surface area contributed by atoms with Crippen LogP contribution in [-0.2, 0) is 0 Å². The van der Waals surface area contributed by atoms with Gasteiger partial charge in [-0.05, 0) is 49.6 Å². The quantitative estimate of drug-likeness (QED) is 0.601. The Bertz CT molecular complexity index is 992. The molecule has 1 aliphatic heterocycles. The topological polar surface area (TPSA) is 73.1 Å². The monoisotopic (exact) mass is 397 g/mol. The summed E-state index contributed by atoms with van der Waals surface area (Å²) in [5.41, 5.74) is 21.2. The largest absolute Gasteiger partial charge is 0.397 e. The smallest absolute Gasteiger partial charge is 0.125 e. The summed E-state index contributed by atoms with van der Waals surface area (Å²) in [6, 6.07) is 8.10. The summed E-state index contributed by atoms with van der Waals surface area (Å²) in [6.45, 7) is 6.33. The fourth-order valence-electron chi connectivity index (χ4n) is 3.78. The number of imidazole rings is 1. The number of rotatable bonds is 1. The van der Waals surface area contributed by atoms with Crippen molar-refractivity contribution in [3.8, 4) is 5.69 Å². The average molecular weight is 398 g/mol. The molecule has 1 aliphatic rings. The number of aromatic nitrogens is 2. The maximum atomic E-state index is 6.67. The standard InChI is InChI=1S/C19H20BrN5/c1-10-7-11(2)17(12(3)16(10)20)25-14-6-4-5-13(21)18(14)24-9-23-8-15(24)19(25)22/h4-9,19H,21-22H2,1-3H3.